The number of carbonyl (C=O) groups excluding carboxylic acids is 1. The lowest BCUT2D eigenvalue weighted by Crippen LogP contribution is -1.97. The van der Waals surface area contributed by atoms with Gasteiger partial charge in [0.15, 0.2) is 5.78 Å². The summed E-state index contributed by atoms with van der Waals surface area (Å²) < 4.78 is 0. The first-order valence-corrected chi connectivity index (χ1v) is 5.64. The third kappa shape index (κ3) is 10.8. The fourth-order valence-corrected chi connectivity index (χ4v) is 1.17. The summed E-state index contributed by atoms with van der Waals surface area (Å²) in [5.41, 5.74) is 0. The standard InChI is InChI=1S/C14H22O/c1-4-5-6-7-8-9-10-11-14(15)12-13(2)3/h4-5,8-11,13H,6-7,12H2,1-3H3. The molecule has 0 heterocycles. The maximum atomic E-state index is 11.3. The summed E-state index contributed by atoms with van der Waals surface area (Å²) in [6.45, 7) is 6.13. The second kappa shape index (κ2) is 9.45. The van der Waals surface area contributed by atoms with E-state index in [4.69, 9.17) is 0 Å². The van der Waals surface area contributed by atoms with Gasteiger partial charge in [-0.15, -0.1) is 0 Å². The molecule has 0 amide bonds. The lowest BCUT2D eigenvalue weighted by atomic mass is 10.1. The van der Waals surface area contributed by atoms with Crippen LogP contribution in [0.2, 0.25) is 0 Å². The summed E-state index contributed by atoms with van der Waals surface area (Å²) in [7, 11) is 0. The molecule has 0 spiro atoms. The molecule has 0 atom stereocenters. The number of hydrogen-bond donors (Lipinski definition) is 0. The number of allylic oxidation sites excluding steroid dienone is 6. The van der Waals surface area contributed by atoms with Crippen LogP contribution in [-0.2, 0) is 4.79 Å². The fourth-order valence-electron chi connectivity index (χ4n) is 1.17. The molecule has 0 N–H and O–H groups in total. The van der Waals surface area contributed by atoms with Crippen LogP contribution >= 0.6 is 0 Å². The second-order valence-corrected chi connectivity index (χ2v) is 4.00. The van der Waals surface area contributed by atoms with Crippen molar-refractivity contribution in [2.75, 3.05) is 0 Å². The second-order valence-electron chi connectivity index (χ2n) is 4.00. The van der Waals surface area contributed by atoms with Gasteiger partial charge in [-0.25, -0.2) is 0 Å². The van der Waals surface area contributed by atoms with Gasteiger partial charge in [-0.05, 0) is 31.8 Å². The zero-order chi connectivity index (χ0) is 11.5. The molecule has 0 aliphatic rings. The van der Waals surface area contributed by atoms with E-state index in [2.05, 4.69) is 32.1 Å². The van der Waals surface area contributed by atoms with E-state index < -0.39 is 0 Å². The Morgan fingerprint density at radius 2 is 1.80 bits per heavy atom. The van der Waals surface area contributed by atoms with Crippen molar-refractivity contribution in [3.63, 3.8) is 0 Å². The van der Waals surface area contributed by atoms with Crippen LogP contribution in [0, 0.1) is 5.92 Å². The van der Waals surface area contributed by atoms with Gasteiger partial charge in [0.1, 0.15) is 0 Å². The summed E-state index contributed by atoms with van der Waals surface area (Å²) in [5, 5.41) is 0. The van der Waals surface area contributed by atoms with Crippen LogP contribution in [0.25, 0.3) is 0 Å². The molecule has 1 heteroatoms. The third-order valence-electron chi connectivity index (χ3n) is 1.87. The van der Waals surface area contributed by atoms with Crippen molar-refractivity contribution >= 4 is 5.78 Å². The Morgan fingerprint density at radius 3 is 2.40 bits per heavy atom. The minimum atomic E-state index is 0.211. The van der Waals surface area contributed by atoms with Crippen molar-refractivity contribution < 1.29 is 4.79 Å². The first-order chi connectivity index (χ1) is 7.16. The van der Waals surface area contributed by atoms with Crippen molar-refractivity contribution in [3.05, 3.63) is 36.5 Å². The Kier molecular flexibility index (Phi) is 8.75. The molecule has 0 unspecified atom stereocenters. The van der Waals surface area contributed by atoms with Crippen molar-refractivity contribution in [1.82, 2.24) is 0 Å². The van der Waals surface area contributed by atoms with Gasteiger partial charge in [0.05, 0.1) is 0 Å². The summed E-state index contributed by atoms with van der Waals surface area (Å²) in [4.78, 5) is 11.3. The molecule has 84 valence electrons. The van der Waals surface area contributed by atoms with E-state index in [9.17, 15) is 4.79 Å². The van der Waals surface area contributed by atoms with E-state index in [1.165, 1.54) is 0 Å². The van der Waals surface area contributed by atoms with Crippen molar-refractivity contribution in [2.24, 2.45) is 5.92 Å². The smallest absolute Gasteiger partial charge is 0.155 e. The SMILES string of the molecule is CC=CCCC=CC=CC(=O)CC(C)C. The molecule has 0 aromatic rings. The van der Waals surface area contributed by atoms with Gasteiger partial charge in [0.25, 0.3) is 0 Å². The maximum Gasteiger partial charge on any atom is 0.155 e. The highest BCUT2D eigenvalue weighted by Gasteiger charge is 1.98. The number of rotatable bonds is 7. The van der Waals surface area contributed by atoms with E-state index in [0.29, 0.717) is 12.3 Å². The van der Waals surface area contributed by atoms with Crippen LogP contribution in [0.5, 0.6) is 0 Å². The minimum Gasteiger partial charge on any atom is -0.295 e. The summed E-state index contributed by atoms with van der Waals surface area (Å²) in [5.74, 6) is 0.656. The van der Waals surface area contributed by atoms with Crippen LogP contribution in [0.1, 0.15) is 40.0 Å². The Morgan fingerprint density at radius 1 is 1.13 bits per heavy atom. The Bertz CT molecular complexity index is 244. The van der Waals surface area contributed by atoms with E-state index in [-0.39, 0.29) is 5.78 Å². The van der Waals surface area contributed by atoms with Crippen LogP contribution in [-0.4, -0.2) is 5.78 Å². The first kappa shape index (κ1) is 13.9. The monoisotopic (exact) mass is 206 g/mol. The maximum absolute atomic E-state index is 11.3. The van der Waals surface area contributed by atoms with Gasteiger partial charge in [-0.2, -0.15) is 0 Å². The molecule has 0 saturated heterocycles. The zero-order valence-electron chi connectivity index (χ0n) is 10.1. The minimum absolute atomic E-state index is 0.211. The largest absolute Gasteiger partial charge is 0.295 e. The van der Waals surface area contributed by atoms with Crippen molar-refractivity contribution in [2.45, 2.75) is 40.0 Å². The molecule has 1 nitrogen and oxygen atoms in total. The molecule has 15 heavy (non-hydrogen) atoms. The van der Waals surface area contributed by atoms with Crippen molar-refractivity contribution in [1.29, 1.82) is 0 Å². The lowest BCUT2D eigenvalue weighted by molar-refractivity contribution is -0.115. The van der Waals surface area contributed by atoms with Gasteiger partial charge < -0.3 is 0 Å². The molecule has 0 bridgehead atoms. The first-order valence-electron chi connectivity index (χ1n) is 5.64. The molecule has 0 rings (SSSR count). The Hall–Kier alpha value is -1.11. The molecule has 0 aromatic carbocycles. The van der Waals surface area contributed by atoms with Crippen molar-refractivity contribution in [3.8, 4) is 0 Å². The van der Waals surface area contributed by atoms with Crippen LogP contribution in [0.15, 0.2) is 36.5 Å². The van der Waals surface area contributed by atoms with Gasteiger partial charge in [0.2, 0.25) is 0 Å². The number of ketones is 1. The highest BCUT2D eigenvalue weighted by molar-refractivity contribution is 5.89. The predicted molar refractivity (Wildman–Crippen MR) is 66.8 cm³/mol. The fraction of sp³-hybridized carbons (Fsp3) is 0.500. The van der Waals surface area contributed by atoms with Crippen LogP contribution in [0.3, 0.4) is 0 Å². The third-order valence-corrected chi connectivity index (χ3v) is 1.87. The number of carbonyl (C=O) groups is 1. The zero-order valence-corrected chi connectivity index (χ0v) is 10.1. The molecule has 0 radical (unpaired) electrons. The van der Waals surface area contributed by atoms with Gasteiger partial charge in [-0.3, -0.25) is 4.79 Å². The van der Waals surface area contributed by atoms with E-state index >= 15 is 0 Å². The van der Waals surface area contributed by atoms with Gasteiger partial charge >= 0.3 is 0 Å². The Balaban J connectivity index is 3.64. The van der Waals surface area contributed by atoms with Crippen LogP contribution in [0.4, 0.5) is 0 Å². The average molecular weight is 206 g/mol. The normalized spacial score (nSPS) is 12.5. The average Bonchev–Trinajstić information content (AvgIpc) is 2.15. The molecular formula is C14H22O. The molecule has 0 aliphatic heterocycles. The highest BCUT2D eigenvalue weighted by Crippen LogP contribution is 2.00. The quantitative estimate of drug-likeness (QED) is 0.265. The van der Waals surface area contributed by atoms with Gasteiger partial charge in [-0.1, -0.05) is 44.2 Å². The lowest BCUT2D eigenvalue weighted by Gasteiger charge is -1.97. The molecule has 0 saturated carbocycles. The van der Waals surface area contributed by atoms with E-state index in [0.717, 1.165) is 12.8 Å². The van der Waals surface area contributed by atoms with Gasteiger partial charge in [0, 0.05) is 6.42 Å². The molecule has 0 aliphatic carbocycles. The summed E-state index contributed by atoms with van der Waals surface area (Å²) in [6, 6.07) is 0. The summed E-state index contributed by atoms with van der Waals surface area (Å²) >= 11 is 0. The molecule has 0 fully saturated rings. The highest BCUT2D eigenvalue weighted by atomic mass is 16.1. The van der Waals surface area contributed by atoms with E-state index in [1.54, 1.807) is 6.08 Å². The predicted octanol–water partition coefficient (Wildman–Crippen LogP) is 4.07. The van der Waals surface area contributed by atoms with E-state index in [1.807, 2.05) is 19.1 Å². The molecular weight excluding hydrogens is 184 g/mol. The Labute approximate surface area is 93.6 Å². The van der Waals surface area contributed by atoms with Crippen LogP contribution < -0.4 is 0 Å². The topological polar surface area (TPSA) is 17.1 Å². The molecule has 0 aromatic heterocycles. The summed E-state index contributed by atoms with van der Waals surface area (Å²) in [6.07, 6.45) is 14.5. The number of hydrogen-bond acceptors (Lipinski definition) is 1. The number of unbranched alkanes of at least 4 members (excludes halogenated alkanes) is 1.